The lowest BCUT2D eigenvalue weighted by Gasteiger charge is -2.31. The summed E-state index contributed by atoms with van der Waals surface area (Å²) in [6.07, 6.45) is 3.29. The van der Waals surface area contributed by atoms with Crippen molar-refractivity contribution in [1.29, 1.82) is 0 Å². The monoisotopic (exact) mass is 978 g/mol. The lowest BCUT2D eigenvalue weighted by Crippen LogP contribution is -2.59. The van der Waals surface area contributed by atoms with Crippen LogP contribution in [0.2, 0.25) is 0 Å². The first-order valence-corrected chi connectivity index (χ1v) is 23.5. The first-order valence-electron chi connectivity index (χ1n) is 22.9. The number of hydrogen-bond donors (Lipinski definition) is 11. The summed E-state index contributed by atoms with van der Waals surface area (Å²) in [7, 11) is 0. The maximum absolute atomic E-state index is 13.6. The van der Waals surface area contributed by atoms with Crippen LogP contribution >= 0.6 is 12.6 Å². The van der Waals surface area contributed by atoms with E-state index in [1.165, 1.54) is 38.1 Å². The number of phenolic OH excluding ortho intramolecular Hbond substituents is 1. The minimum atomic E-state index is -1.30. The van der Waals surface area contributed by atoms with Crippen molar-refractivity contribution in [3.63, 3.8) is 0 Å². The van der Waals surface area contributed by atoms with Crippen molar-refractivity contribution in [2.75, 3.05) is 32.1 Å². The topological polar surface area (TPSA) is 333 Å². The Hall–Kier alpha value is -5.36. The number of aromatic hydroxyl groups is 1. The fourth-order valence-corrected chi connectivity index (χ4v) is 6.56. The molecule has 0 radical (unpaired) electrons. The predicted molar refractivity (Wildman–Crippen MR) is 256 cm³/mol. The van der Waals surface area contributed by atoms with Gasteiger partial charge in [0, 0.05) is 37.8 Å². The van der Waals surface area contributed by atoms with Crippen LogP contribution < -0.4 is 43.4 Å². The number of carbonyl (C=O) groups excluding carboxylic acids is 6. The van der Waals surface area contributed by atoms with E-state index in [-0.39, 0.29) is 49.5 Å². The number of rotatable bonds is 32. The van der Waals surface area contributed by atoms with Crippen LogP contribution in [0.4, 0.5) is 0 Å². The maximum atomic E-state index is 13.6. The molecule has 2 aromatic rings. The normalized spacial score (nSPS) is 14.4. The molecule has 0 aliphatic heterocycles. The average molecular weight is 978 g/mol. The maximum Gasteiger partial charge on any atom is 0.326 e. The summed E-state index contributed by atoms with van der Waals surface area (Å²) in [5.74, 6) is -5.68. The third kappa shape index (κ3) is 22.2. The van der Waals surface area contributed by atoms with Crippen molar-refractivity contribution in [2.45, 2.75) is 154 Å². The number of hydrogen-bond acceptors (Lipinski definition) is 15. The summed E-state index contributed by atoms with van der Waals surface area (Å²) >= 11 is 4.25. The van der Waals surface area contributed by atoms with Crippen LogP contribution in [0.3, 0.4) is 0 Å². The van der Waals surface area contributed by atoms with Gasteiger partial charge in [-0.25, -0.2) is 9.48 Å². The quantitative estimate of drug-likeness (QED) is 0.0336. The second-order valence-electron chi connectivity index (χ2n) is 18.4. The lowest BCUT2D eigenvalue weighted by molar-refractivity contribution is -0.142. The summed E-state index contributed by atoms with van der Waals surface area (Å²) in [5, 5.41) is 43.0. The summed E-state index contributed by atoms with van der Waals surface area (Å²) < 4.78 is 13.5. The van der Waals surface area contributed by atoms with Crippen molar-refractivity contribution in [3.05, 3.63) is 41.7 Å². The highest BCUT2D eigenvalue weighted by Crippen LogP contribution is 2.16. The Morgan fingerprint density at radius 1 is 0.750 bits per heavy atom. The molecule has 1 aromatic heterocycles. The number of unbranched alkanes of at least 4 members (excludes halogenated alkanes) is 1. The number of aliphatic carboxylic acids is 1. The molecule has 0 aliphatic carbocycles. The zero-order valence-corrected chi connectivity index (χ0v) is 41.5. The molecule has 0 unspecified atom stereocenters. The van der Waals surface area contributed by atoms with Gasteiger partial charge >= 0.3 is 5.97 Å². The standard InChI is InChI=1S/C45H75N11O11S/c1-27(2)21-35(43(64)65)52-39(60)29(4)48-41(62)34(22-30-12-15-32(57)16-13-30)51-38(59)28(3)49-42(63)36(24-68)53-40(61)33(11-9-10-18-46)50-37(58)17-14-31-23-56(55-54-31)19-20-66-45(7,8)26-67-44(5,6)25-47/h12-13,15-16,23,27-29,33-36,57,68H,9-11,14,17-22,24-26,46-47H2,1-8H3,(H,48,62)(H,49,63)(H,50,58)(H,51,59)(H,52,60)(H,53,61)(H,64,65)/t28-,29-,33-,34+,35-,36-/m0/s1. The van der Waals surface area contributed by atoms with E-state index in [0.29, 0.717) is 56.9 Å². The Labute approximate surface area is 404 Å². The van der Waals surface area contributed by atoms with Gasteiger partial charge in [-0.3, -0.25) is 28.8 Å². The molecule has 2 rings (SSSR count). The predicted octanol–water partition coefficient (Wildman–Crippen LogP) is -0.154. The highest BCUT2D eigenvalue weighted by atomic mass is 32.1. The number of benzene rings is 1. The minimum absolute atomic E-state index is 0.0123. The fourth-order valence-electron chi connectivity index (χ4n) is 6.31. The highest BCUT2D eigenvalue weighted by Gasteiger charge is 2.32. The Morgan fingerprint density at radius 3 is 1.88 bits per heavy atom. The average Bonchev–Trinajstić information content (AvgIpc) is 3.73. The first-order chi connectivity index (χ1) is 31.9. The highest BCUT2D eigenvalue weighted by molar-refractivity contribution is 7.80. The summed E-state index contributed by atoms with van der Waals surface area (Å²) in [5.41, 5.74) is 11.5. The van der Waals surface area contributed by atoms with E-state index in [0.717, 1.165) is 0 Å². The zero-order chi connectivity index (χ0) is 51.2. The van der Waals surface area contributed by atoms with Crippen molar-refractivity contribution in [1.82, 2.24) is 46.9 Å². The van der Waals surface area contributed by atoms with Gasteiger partial charge < -0.3 is 63.1 Å². The van der Waals surface area contributed by atoms with Crippen molar-refractivity contribution < 1.29 is 53.2 Å². The van der Waals surface area contributed by atoms with Gasteiger partial charge in [0.25, 0.3) is 0 Å². The van der Waals surface area contributed by atoms with Crippen LogP contribution in [0.25, 0.3) is 0 Å². The molecule has 0 saturated heterocycles. The van der Waals surface area contributed by atoms with E-state index in [1.54, 1.807) is 24.7 Å². The number of carboxylic acids is 1. The molecule has 22 nitrogen and oxygen atoms in total. The summed E-state index contributed by atoms with van der Waals surface area (Å²) in [4.78, 5) is 91.9. The number of nitrogens with one attached hydrogen (secondary N) is 6. The van der Waals surface area contributed by atoms with Gasteiger partial charge in [0.2, 0.25) is 35.4 Å². The van der Waals surface area contributed by atoms with E-state index in [9.17, 15) is 43.8 Å². The third-order valence-electron chi connectivity index (χ3n) is 10.6. The minimum Gasteiger partial charge on any atom is -0.508 e. The zero-order valence-electron chi connectivity index (χ0n) is 40.6. The van der Waals surface area contributed by atoms with Crippen LogP contribution in [0.5, 0.6) is 5.75 Å². The Morgan fingerprint density at radius 2 is 1.32 bits per heavy atom. The molecule has 382 valence electrons. The molecule has 0 spiro atoms. The Kier molecular flexibility index (Phi) is 24.9. The lowest BCUT2D eigenvalue weighted by atomic mass is 10.0. The third-order valence-corrected chi connectivity index (χ3v) is 10.9. The molecule has 0 bridgehead atoms. The number of aryl methyl sites for hydroxylation is 1. The molecule has 0 fully saturated rings. The van der Waals surface area contributed by atoms with Crippen molar-refractivity contribution in [3.8, 4) is 5.75 Å². The van der Waals surface area contributed by atoms with Gasteiger partial charge in [-0.15, -0.1) is 5.10 Å². The smallest absolute Gasteiger partial charge is 0.326 e. The van der Waals surface area contributed by atoms with Crippen LogP contribution in [0.1, 0.15) is 98.8 Å². The van der Waals surface area contributed by atoms with Gasteiger partial charge in [0.15, 0.2) is 0 Å². The van der Waals surface area contributed by atoms with E-state index < -0.39 is 88.9 Å². The molecule has 68 heavy (non-hydrogen) atoms. The van der Waals surface area contributed by atoms with Gasteiger partial charge in [-0.1, -0.05) is 31.2 Å². The molecule has 1 aromatic carbocycles. The molecule has 23 heteroatoms. The van der Waals surface area contributed by atoms with Crippen molar-refractivity contribution >= 4 is 54.0 Å². The summed E-state index contributed by atoms with van der Waals surface area (Å²) in [6, 6.07) is -1.35. The number of phenols is 1. The Balaban J connectivity index is 2.04. The molecule has 12 N–H and O–H groups in total. The SMILES string of the molecule is CC(C)C[C@H](NC(=O)[C@H](C)NC(=O)[C@@H](Cc1ccc(O)cc1)NC(=O)[C@H](C)NC(=O)[C@H](CS)NC(=O)[C@H](CCCCN)NC(=O)CCc1cn(CCOC(C)(C)COC(C)(C)CN)nn1)C(=O)O. The number of amides is 6. The number of aromatic nitrogens is 3. The second kappa shape index (κ2) is 28.8. The van der Waals surface area contributed by atoms with Gasteiger partial charge in [0.05, 0.1) is 36.7 Å². The molecular formula is C45H75N11O11S. The molecule has 0 aliphatic rings. The van der Waals surface area contributed by atoms with Crippen molar-refractivity contribution in [2.24, 2.45) is 17.4 Å². The van der Waals surface area contributed by atoms with E-state index in [2.05, 4.69) is 54.8 Å². The van der Waals surface area contributed by atoms with Gasteiger partial charge in [0.1, 0.15) is 42.0 Å². The molecule has 1 heterocycles. The number of ether oxygens (including phenoxy) is 2. The van der Waals surface area contributed by atoms with Gasteiger partial charge in [-0.05, 0) is 97.4 Å². The largest absolute Gasteiger partial charge is 0.508 e. The van der Waals surface area contributed by atoms with Gasteiger partial charge in [-0.2, -0.15) is 12.6 Å². The van der Waals surface area contributed by atoms with Crippen LogP contribution in [-0.2, 0) is 62.4 Å². The molecule has 6 amide bonds. The molecule has 0 saturated carbocycles. The van der Waals surface area contributed by atoms with E-state index in [1.807, 2.05) is 27.7 Å². The van der Waals surface area contributed by atoms with E-state index in [4.69, 9.17) is 20.9 Å². The first kappa shape index (κ1) is 58.8. The molecule has 6 atom stereocenters. The van der Waals surface area contributed by atoms with Crippen LogP contribution in [0.15, 0.2) is 30.5 Å². The van der Waals surface area contributed by atoms with E-state index >= 15 is 0 Å². The summed E-state index contributed by atoms with van der Waals surface area (Å²) in [6.45, 7) is 15.8. The van der Waals surface area contributed by atoms with Crippen LogP contribution in [-0.4, -0.2) is 146 Å². The number of nitrogens with two attached hydrogens (primary N) is 2. The number of nitrogens with zero attached hydrogens (tertiary/aromatic N) is 3. The second-order valence-corrected chi connectivity index (χ2v) is 18.8. The number of carboxylic acid groups (broad SMARTS) is 1. The number of carbonyl (C=O) groups is 7. The number of thiol groups is 1. The molecular weight excluding hydrogens is 903 g/mol. The Bertz CT molecular complexity index is 1950. The fraction of sp³-hybridized carbons (Fsp3) is 0.667. The van der Waals surface area contributed by atoms with Crippen LogP contribution in [0, 0.1) is 5.92 Å².